The molecule has 4 nitrogen and oxygen atoms in total. The van der Waals surface area contributed by atoms with Crippen molar-refractivity contribution in [3.63, 3.8) is 0 Å². The zero-order chi connectivity index (χ0) is 12.7. The third kappa shape index (κ3) is 4.85. The number of methoxy groups -OCH3 is 1. The molecule has 1 aromatic rings. The van der Waals surface area contributed by atoms with Gasteiger partial charge in [0.25, 0.3) is 0 Å². The van der Waals surface area contributed by atoms with Crippen molar-refractivity contribution in [3.05, 3.63) is 35.9 Å². The number of carbonyl (C=O) groups excluding carboxylic acids is 1. The molecule has 1 aromatic carbocycles. The summed E-state index contributed by atoms with van der Waals surface area (Å²) in [4.78, 5) is 10.6. The third-order valence-electron chi connectivity index (χ3n) is 2.17. The first-order chi connectivity index (χ1) is 8.15. The van der Waals surface area contributed by atoms with Crippen LogP contribution in [0.1, 0.15) is 5.56 Å². The van der Waals surface area contributed by atoms with Gasteiger partial charge in [-0.25, -0.2) is 4.79 Å². The molecule has 0 aliphatic carbocycles. The first-order valence-electron chi connectivity index (χ1n) is 5.16. The maximum atomic E-state index is 11.0. The molecule has 1 rings (SSSR count). The SMILES string of the molecule is COC(=O)[C@@H](O)[C@H](Br)COCc1ccccc1. The number of hydrogen-bond acceptors (Lipinski definition) is 4. The number of rotatable bonds is 6. The van der Waals surface area contributed by atoms with E-state index in [1.165, 1.54) is 7.11 Å². The van der Waals surface area contributed by atoms with E-state index in [-0.39, 0.29) is 6.61 Å². The van der Waals surface area contributed by atoms with E-state index in [1.807, 2.05) is 30.3 Å². The first kappa shape index (κ1) is 14.2. The van der Waals surface area contributed by atoms with Crippen LogP contribution in [0.15, 0.2) is 30.3 Å². The quantitative estimate of drug-likeness (QED) is 0.639. The van der Waals surface area contributed by atoms with Crippen molar-refractivity contribution < 1.29 is 19.4 Å². The lowest BCUT2D eigenvalue weighted by atomic mass is 10.2. The molecule has 1 N–H and O–H groups in total. The molecular formula is C12H15BrO4. The summed E-state index contributed by atoms with van der Waals surface area (Å²) in [5, 5.41) is 9.48. The monoisotopic (exact) mass is 302 g/mol. The second-order valence-corrected chi connectivity index (χ2v) is 4.66. The fourth-order valence-corrected chi connectivity index (χ4v) is 1.63. The normalized spacial score (nSPS) is 14.1. The second-order valence-electron chi connectivity index (χ2n) is 3.48. The molecule has 5 heteroatoms. The molecule has 0 saturated carbocycles. The Bertz CT molecular complexity index is 342. The Morgan fingerprint density at radius 3 is 2.65 bits per heavy atom. The van der Waals surface area contributed by atoms with Crippen LogP contribution < -0.4 is 0 Å². The largest absolute Gasteiger partial charge is 0.467 e. The fourth-order valence-electron chi connectivity index (χ4n) is 1.22. The van der Waals surface area contributed by atoms with Gasteiger partial charge < -0.3 is 14.6 Å². The van der Waals surface area contributed by atoms with E-state index in [4.69, 9.17) is 4.74 Å². The van der Waals surface area contributed by atoms with Gasteiger partial charge in [-0.1, -0.05) is 46.3 Å². The highest BCUT2D eigenvalue weighted by molar-refractivity contribution is 9.09. The number of aliphatic hydroxyl groups is 1. The Labute approximate surface area is 109 Å². The molecule has 0 fully saturated rings. The van der Waals surface area contributed by atoms with Crippen LogP contribution in [0, 0.1) is 0 Å². The van der Waals surface area contributed by atoms with Crippen LogP contribution >= 0.6 is 15.9 Å². The van der Waals surface area contributed by atoms with Gasteiger partial charge in [-0.3, -0.25) is 0 Å². The molecule has 0 aliphatic heterocycles. The Morgan fingerprint density at radius 2 is 2.06 bits per heavy atom. The lowest BCUT2D eigenvalue weighted by molar-refractivity contribution is -0.150. The minimum atomic E-state index is -1.21. The third-order valence-corrected chi connectivity index (χ3v) is 2.94. The number of ether oxygens (including phenoxy) is 2. The first-order valence-corrected chi connectivity index (χ1v) is 6.08. The van der Waals surface area contributed by atoms with E-state index in [0.717, 1.165) is 5.56 Å². The molecular weight excluding hydrogens is 288 g/mol. The van der Waals surface area contributed by atoms with Gasteiger partial charge in [0.1, 0.15) is 0 Å². The fraction of sp³-hybridized carbons (Fsp3) is 0.417. The van der Waals surface area contributed by atoms with Gasteiger partial charge in [-0.2, -0.15) is 0 Å². The van der Waals surface area contributed by atoms with Crippen molar-refractivity contribution in [2.75, 3.05) is 13.7 Å². The standard InChI is InChI=1S/C12H15BrO4/c1-16-12(15)11(14)10(13)8-17-7-9-5-3-2-4-6-9/h2-6,10-11,14H,7-8H2,1H3/t10-,11+/m1/s1. The summed E-state index contributed by atoms with van der Waals surface area (Å²) in [6, 6.07) is 9.67. The molecule has 17 heavy (non-hydrogen) atoms. The Hall–Kier alpha value is -0.910. The number of benzene rings is 1. The maximum Gasteiger partial charge on any atom is 0.335 e. The minimum absolute atomic E-state index is 0.227. The molecule has 0 aliphatic rings. The van der Waals surface area contributed by atoms with Crippen molar-refractivity contribution >= 4 is 21.9 Å². The minimum Gasteiger partial charge on any atom is -0.467 e. The van der Waals surface area contributed by atoms with Crippen LogP contribution in [0.5, 0.6) is 0 Å². The average molecular weight is 303 g/mol. The molecule has 0 amide bonds. The van der Waals surface area contributed by atoms with Gasteiger partial charge in [-0.15, -0.1) is 0 Å². The van der Waals surface area contributed by atoms with Crippen LogP contribution in [0.4, 0.5) is 0 Å². The highest BCUT2D eigenvalue weighted by Crippen LogP contribution is 2.09. The smallest absolute Gasteiger partial charge is 0.335 e. The van der Waals surface area contributed by atoms with Crippen LogP contribution in [0.3, 0.4) is 0 Å². The molecule has 0 aromatic heterocycles. The number of carbonyl (C=O) groups is 1. The summed E-state index contributed by atoms with van der Waals surface area (Å²) in [6.45, 7) is 0.669. The van der Waals surface area contributed by atoms with Crippen molar-refractivity contribution in [1.29, 1.82) is 0 Å². The van der Waals surface area contributed by atoms with Gasteiger partial charge in [0.15, 0.2) is 6.10 Å². The maximum absolute atomic E-state index is 11.0. The van der Waals surface area contributed by atoms with Crippen LogP contribution in [0.2, 0.25) is 0 Å². The van der Waals surface area contributed by atoms with Crippen molar-refractivity contribution in [3.8, 4) is 0 Å². The molecule has 2 atom stereocenters. The summed E-state index contributed by atoms with van der Waals surface area (Å²) in [7, 11) is 1.23. The number of hydrogen-bond donors (Lipinski definition) is 1. The van der Waals surface area contributed by atoms with Gasteiger partial charge in [0, 0.05) is 0 Å². The Morgan fingerprint density at radius 1 is 1.41 bits per heavy atom. The highest BCUT2D eigenvalue weighted by Gasteiger charge is 2.24. The predicted octanol–water partition coefficient (Wildman–Crippen LogP) is 1.50. The summed E-state index contributed by atoms with van der Waals surface area (Å²) >= 11 is 3.18. The second kappa shape index (κ2) is 7.42. The number of esters is 1. The van der Waals surface area contributed by atoms with Crippen molar-refractivity contribution in [2.24, 2.45) is 0 Å². The van der Waals surface area contributed by atoms with Gasteiger partial charge in [0.2, 0.25) is 0 Å². The zero-order valence-corrected chi connectivity index (χ0v) is 11.1. The Kier molecular flexibility index (Phi) is 6.18. The molecule has 94 valence electrons. The predicted molar refractivity (Wildman–Crippen MR) is 66.8 cm³/mol. The van der Waals surface area contributed by atoms with Crippen molar-refractivity contribution in [2.45, 2.75) is 17.5 Å². The molecule has 0 radical (unpaired) electrons. The summed E-state index contributed by atoms with van der Waals surface area (Å²) in [5.74, 6) is -0.671. The molecule has 0 heterocycles. The van der Waals surface area contributed by atoms with Gasteiger partial charge >= 0.3 is 5.97 Å². The molecule has 0 unspecified atom stereocenters. The van der Waals surface area contributed by atoms with E-state index in [1.54, 1.807) is 0 Å². The summed E-state index contributed by atoms with van der Waals surface area (Å²) < 4.78 is 9.81. The Balaban J connectivity index is 2.29. The number of halogens is 1. The molecule has 0 saturated heterocycles. The zero-order valence-electron chi connectivity index (χ0n) is 9.51. The van der Waals surface area contributed by atoms with E-state index in [0.29, 0.717) is 6.61 Å². The van der Waals surface area contributed by atoms with E-state index >= 15 is 0 Å². The average Bonchev–Trinajstić information content (AvgIpc) is 2.38. The lowest BCUT2D eigenvalue weighted by Gasteiger charge is -2.15. The summed E-state index contributed by atoms with van der Waals surface area (Å²) in [6.07, 6.45) is -1.21. The topological polar surface area (TPSA) is 55.8 Å². The van der Waals surface area contributed by atoms with Gasteiger partial charge in [0.05, 0.1) is 25.2 Å². The number of aliphatic hydroxyl groups excluding tert-OH is 1. The molecule has 0 spiro atoms. The van der Waals surface area contributed by atoms with Crippen LogP contribution in [0.25, 0.3) is 0 Å². The van der Waals surface area contributed by atoms with E-state index in [2.05, 4.69) is 20.7 Å². The van der Waals surface area contributed by atoms with Gasteiger partial charge in [-0.05, 0) is 5.56 Å². The van der Waals surface area contributed by atoms with E-state index in [9.17, 15) is 9.90 Å². The van der Waals surface area contributed by atoms with Crippen LogP contribution in [-0.4, -0.2) is 35.7 Å². The summed E-state index contributed by atoms with van der Waals surface area (Å²) in [5.41, 5.74) is 1.04. The van der Waals surface area contributed by atoms with Crippen LogP contribution in [-0.2, 0) is 20.9 Å². The lowest BCUT2D eigenvalue weighted by Crippen LogP contribution is -2.33. The number of alkyl halides is 1. The van der Waals surface area contributed by atoms with E-state index < -0.39 is 16.9 Å². The molecule has 0 bridgehead atoms. The van der Waals surface area contributed by atoms with Crippen molar-refractivity contribution in [1.82, 2.24) is 0 Å². The highest BCUT2D eigenvalue weighted by atomic mass is 79.9.